The smallest absolute Gasteiger partial charge is 0.501 e. The van der Waals surface area contributed by atoms with Crippen molar-refractivity contribution in [2.45, 2.75) is 59.3 Å². The van der Waals surface area contributed by atoms with E-state index in [4.69, 9.17) is 28.2 Å². The summed E-state index contributed by atoms with van der Waals surface area (Å²) in [5.41, 5.74) is 20.7. The Morgan fingerprint density at radius 1 is 0.330 bits per heavy atom. The van der Waals surface area contributed by atoms with Crippen LogP contribution in [-0.4, -0.2) is 28.7 Å². The second kappa shape index (κ2) is 22.6. The van der Waals surface area contributed by atoms with Gasteiger partial charge in [-0.2, -0.15) is 0 Å². The zero-order chi connectivity index (χ0) is 58.1. The quantitative estimate of drug-likeness (QED) is 0.0950. The van der Waals surface area contributed by atoms with Crippen LogP contribution in [0, 0.1) is 39.0 Å². The number of hydrogen-bond donors (Lipinski definition) is 0. The van der Waals surface area contributed by atoms with Crippen LogP contribution in [0.1, 0.15) is 50.5 Å². The number of para-hydroxylation sites is 6. The minimum atomic E-state index is 0. The van der Waals surface area contributed by atoms with E-state index in [0.717, 1.165) is 170 Å². The SMILES string of the molecule is Cc1ccccc1-n1cc(CCc2cc(CCc3cn(-c4ccccc4C)c(-c4[c-]ccc5c4oc4ccccc45)n3)cc(CCc3cn(-c4ccccc4C)c(-c4[c-]ccc5c4oc4ccccc45)n3)c2)nc1-c1[c-]ccc2c1oc1ccccc12.[Ir+3]. The zero-order valence-corrected chi connectivity index (χ0v) is 51.2. The molecule has 0 spiro atoms. The van der Waals surface area contributed by atoms with Crippen molar-refractivity contribution in [3.63, 3.8) is 0 Å². The van der Waals surface area contributed by atoms with E-state index in [1.54, 1.807) is 0 Å². The molecule has 0 aliphatic rings. The Hall–Kier alpha value is -10.1. The molecule has 88 heavy (non-hydrogen) atoms. The first-order chi connectivity index (χ1) is 42.8. The van der Waals surface area contributed by atoms with Crippen LogP contribution in [0.15, 0.2) is 232 Å². The Morgan fingerprint density at radius 2 is 0.614 bits per heavy atom. The molecule has 0 amide bonds. The van der Waals surface area contributed by atoms with Gasteiger partial charge in [0.2, 0.25) is 0 Å². The molecular weight excluding hydrogens is 1260 g/mol. The molecule has 0 aliphatic carbocycles. The number of fused-ring (bicyclic) bond motifs is 9. The van der Waals surface area contributed by atoms with E-state index in [2.05, 4.69) is 217 Å². The van der Waals surface area contributed by atoms with Crippen LogP contribution in [-0.2, 0) is 58.6 Å². The molecule has 426 valence electrons. The molecule has 0 unspecified atom stereocenters. The molecule has 0 N–H and O–H groups in total. The normalized spacial score (nSPS) is 11.8. The van der Waals surface area contributed by atoms with E-state index in [1.807, 2.05) is 54.6 Å². The van der Waals surface area contributed by atoms with Crippen LogP contribution in [0.2, 0.25) is 0 Å². The van der Waals surface area contributed by atoms with Crippen molar-refractivity contribution in [1.29, 1.82) is 0 Å². The maximum atomic E-state index is 6.60. The molecule has 0 saturated heterocycles. The number of benzene rings is 10. The molecule has 0 atom stereocenters. The van der Waals surface area contributed by atoms with E-state index in [0.29, 0.717) is 19.3 Å². The number of nitrogens with zero attached hydrogens (tertiary/aromatic N) is 6. The molecule has 0 saturated carbocycles. The van der Waals surface area contributed by atoms with Crippen molar-refractivity contribution in [2.24, 2.45) is 0 Å². The maximum absolute atomic E-state index is 6.60. The first-order valence-electron chi connectivity index (χ1n) is 29.8. The molecule has 10 aromatic carbocycles. The van der Waals surface area contributed by atoms with Crippen LogP contribution >= 0.6 is 0 Å². The Kier molecular flexibility index (Phi) is 14.0. The number of aryl methyl sites for hydroxylation is 9. The summed E-state index contributed by atoms with van der Waals surface area (Å²) < 4.78 is 26.5. The van der Waals surface area contributed by atoms with Gasteiger partial charge in [-0.05, 0) is 129 Å². The van der Waals surface area contributed by atoms with Crippen molar-refractivity contribution >= 4 is 65.8 Å². The van der Waals surface area contributed by atoms with E-state index >= 15 is 0 Å². The molecule has 0 aliphatic heterocycles. The number of hydrogen-bond acceptors (Lipinski definition) is 6. The van der Waals surface area contributed by atoms with Crippen molar-refractivity contribution in [3.05, 3.63) is 287 Å². The minimum absolute atomic E-state index is 0. The summed E-state index contributed by atoms with van der Waals surface area (Å²) in [6.07, 6.45) is 11.1. The molecular formula is C78H57IrN6O3. The molecule has 16 aromatic rings. The van der Waals surface area contributed by atoms with Crippen LogP contribution in [0.4, 0.5) is 0 Å². The molecule has 6 aromatic heterocycles. The Morgan fingerprint density at radius 3 is 0.920 bits per heavy atom. The molecule has 0 fully saturated rings. The predicted octanol–water partition coefficient (Wildman–Crippen LogP) is 18.6. The van der Waals surface area contributed by atoms with Crippen molar-refractivity contribution in [2.75, 3.05) is 0 Å². The summed E-state index contributed by atoms with van der Waals surface area (Å²) >= 11 is 0. The summed E-state index contributed by atoms with van der Waals surface area (Å²) in [5, 5.41) is 6.36. The third-order valence-corrected chi connectivity index (χ3v) is 17.2. The standard InChI is InChI=1S/C78H57N6O3.Ir/c1-49-19-4-10-31-67(49)82-46-55(79-76(82)64-28-16-25-61-58-22-7-13-34-70(58)85-73(61)64)40-37-52-43-53(38-41-56-47-83(68-32-11-5-20-50(68)2)77(80-56)65-29-17-26-62-59-23-8-14-35-71(59)86-74(62)65)45-54(44-52)39-42-57-48-84(69-33-12-6-21-51(69)3)78(81-57)66-30-18-27-63-60-24-9-15-36-72(60)87-75(63)66;/h4-27,31-36,43-48H,37-42H2,1-3H3;/q-3;+3. The van der Waals surface area contributed by atoms with E-state index in [9.17, 15) is 0 Å². The van der Waals surface area contributed by atoms with Gasteiger partial charge in [-0.15, -0.1) is 54.6 Å². The van der Waals surface area contributed by atoms with Crippen LogP contribution in [0.5, 0.6) is 0 Å². The van der Waals surface area contributed by atoms with Gasteiger partial charge in [0, 0.05) is 68.9 Å². The summed E-state index contributed by atoms with van der Waals surface area (Å²) in [6, 6.07) is 80.1. The molecule has 6 heterocycles. The van der Waals surface area contributed by atoms with Crippen molar-refractivity contribution < 1.29 is 33.4 Å². The maximum Gasteiger partial charge on any atom is 3.00 e. The van der Waals surface area contributed by atoms with Gasteiger partial charge in [0.1, 0.15) is 16.7 Å². The number of rotatable bonds is 15. The van der Waals surface area contributed by atoms with Gasteiger partial charge < -0.3 is 27.0 Å². The molecule has 9 nitrogen and oxygen atoms in total. The summed E-state index contributed by atoms with van der Waals surface area (Å²) in [6.45, 7) is 6.45. The van der Waals surface area contributed by atoms with Crippen LogP contribution in [0.3, 0.4) is 0 Å². The van der Waals surface area contributed by atoms with Crippen LogP contribution in [0.25, 0.3) is 117 Å². The topological polar surface area (TPSA) is 92.9 Å². The van der Waals surface area contributed by atoms with Gasteiger partial charge in [0.05, 0.1) is 34.2 Å². The average molecular weight is 1320 g/mol. The van der Waals surface area contributed by atoms with Gasteiger partial charge >= 0.3 is 20.1 Å². The fourth-order valence-corrected chi connectivity index (χ4v) is 12.9. The number of aromatic nitrogens is 6. The van der Waals surface area contributed by atoms with Crippen LogP contribution < -0.4 is 0 Å². The third kappa shape index (κ3) is 9.75. The summed E-state index contributed by atoms with van der Waals surface area (Å²) in [7, 11) is 0. The summed E-state index contributed by atoms with van der Waals surface area (Å²) in [5.74, 6) is 2.40. The zero-order valence-electron chi connectivity index (χ0n) is 48.8. The second-order valence-corrected chi connectivity index (χ2v) is 22.9. The fourth-order valence-electron chi connectivity index (χ4n) is 12.9. The van der Waals surface area contributed by atoms with Crippen molar-refractivity contribution in [1.82, 2.24) is 28.7 Å². The molecule has 16 rings (SSSR count). The van der Waals surface area contributed by atoms with Gasteiger partial charge in [0.25, 0.3) is 0 Å². The minimum Gasteiger partial charge on any atom is -0.501 e. The fraction of sp³-hybridized carbons (Fsp3) is 0.115. The monoisotopic (exact) mass is 1320 g/mol. The first-order valence-corrected chi connectivity index (χ1v) is 29.8. The van der Waals surface area contributed by atoms with Gasteiger partial charge in [-0.25, -0.2) is 0 Å². The second-order valence-electron chi connectivity index (χ2n) is 22.9. The van der Waals surface area contributed by atoms with Crippen molar-refractivity contribution in [3.8, 4) is 51.2 Å². The van der Waals surface area contributed by atoms with Gasteiger partial charge in [0.15, 0.2) is 0 Å². The summed E-state index contributed by atoms with van der Waals surface area (Å²) in [4.78, 5) is 16.4. The molecule has 10 heteroatoms. The Labute approximate surface area is 522 Å². The van der Waals surface area contributed by atoms with E-state index in [-0.39, 0.29) is 20.1 Å². The molecule has 0 bridgehead atoms. The average Bonchev–Trinajstić information content (AvgIpc) is 1.71. The predicted molar refractivity (Wildman–Crippen MR) is 348 cm³/mol. The van der Waals surface area contributed by atoms with E-state index < -0.39 is 0 Å². The first kappa shape index (κ1) is 54.5. The third-order valence-electron chi connectivity index (χ3n) is 17.2. The van der Waals surface area contributed by atoms with Gasteiger partial charge in [-0.3, -0.25) is 15.0 Å². The Bertz CT molecular complexity index is 4780. The van der Waals surface area contributed by atoms with Gasteiger partial charge in [-0.1, -0.05) is 160 Å². The van der Waals surface area contributed by atoms with E-state index in [1.165, 1.54) is 16.7 Å². The number of furan rings is 3. The molecule has 0 radical (unpaired) electrons. The largest absolute Gasteiger partial charge is 3.00 e. The number of imidazole rings is 3. The Balaban J connectivity index is 0.00000650.